The van der Waals surface area contributed by atoms with Crippen LogP contribution in [-0.2, 0) is 12.8 Å². The van der Waals surface area contributed by atoms with Crippen LogP contribution in [0.1, 0.15) is 54.9 Å². The fourth-order valence-corrected chi connectivity index (χ4v) is 4.17. The van der Waals surface area contributed by atoms with Crippen LogP contribution < -0.4 is 10.6 Å². The smallest absolute Gasteiger partial charge is 0.256 e. The van der Waals surface area contributed by atoms with Crippen LogP contribution in [0, 0.1) is 0 Å². The molecule has 0 saturated carbocycles. The number of carbonyl (C=O) groups excluding carboxylic acids is 3. The van der Waals surface area contributed by atoms with Crippen LogP contribution in [0.5, 0.6) is 0 Å². The van der Waals surface area contributed by atoms with Crippen molar-refractivity contribution in [1.29, 1.82) is 0 Å². The Labute approximate surface area is 144 Å². The summed E-state index contributed by atoms with van der Waals surface area (Å²) in [5.74, 6) is -0.495. The predicted molar refractivity (Wildman–Crippen MR) is 94.1 cm³/mol. The largest absolute Gasteiger partial charge is 0.355 e. The van der Waals surface area contributed by atoms with Gasteiger partial charge in [0, 0.05) is 23.1 Å². The topological polar surface area (TPSA) is 75.3 Å². The van der Waals surface area contributed by atoms with Crippen LogP contribution in [0.3, 0.4) is 0 Å². The molecular weight excluding hydrogens is 324 g/mol. The minimum atomic E-state index is -0.282. The van der Waals surface area contributed by atoms with Gasteiger partial charge in [-0.1, -0.05) is 12.1 Å². The lowest BCUT2D eigenvalue weighted by atomic mass is 10.1. The first-order valence-electron chi connectivity index (χ1n) is 7.80. The zero-order valence-electron chi connectivity index (χ0n) is 13.6. The quantitative estimate of drug-likeness (QED) is 0.839. The molecule has 1 aromatic heterocycles. The van der Waals surface area contributed by atoms with Gasteiger partial charge in [0.25, 0.3) is 11.8 Å². The number of fused-ring (bicyclic) bond motifs is 1. The molecule has 1 aliphatic carbocycles. The number of hydrogen-bond acceptors (Lipinski definition) is 4. The first kappa shape index (κ1) is 16.4. The van der Waals surface area contributed by atoms with Crippen molar-refractivity contribution in [3.05, 3.63) is 51.4 Å². The number of Topliss-reactive ketones (excluding diaryl/α,β-unsaturated/α-hetero) is 1. The molecule has 1 aromatic carbocycles. The molecule has 3 rings (SSSR count). The third-order valence-electron chi connectivity index (χ3n) is 4.16. The Hall–Kier alpha value is -2.47. The normalized spacial score (nSPS) is 12.6. The van der Waals surface area contributed by atoms with E-state index in [1.54, 1.807) is 31.3 Å². The van der Waals surface area contributed by atoms with Crippen molar-refractivity contribution in [3.63, 3.8) is 0 Å². The molecule has 1 heterocycles. The Bertz CT molecular complexity index is 822. The fraction of sp³-hybridized carbons (Fsp3) is 0.278. The number of anilines is 1. The van der Waals surface area contributed by atoms with Gasteiger partial charge in [0.15, 0.2) is 5.78 Å². The van der Waals surface area contributed by atoms with Crippen molar-refractivity contribution in [3.8, 4) is 0 Å². The van der Waals surface area contributed by atoms with E-state index in [2.05, 4.69) is 10.6 Å². The number of amides is 2. The number of hydrogen-bond donors (Lipinski definition) is 2. The lowest BCUT2D eigenvalue weighted by molar-refractivity contribution is 0.0962. The van der Waals surface area contributed by atoms with E-state index in [1.807, 2.05) is 0 Å². The molecule has 24 heavy (non-hydrogen) atoms. The minimum Gasteiger partial charge on any atom is -0.355 e. The summed E-state index contributed by atoms with van der Waals surface area (Å²) in [6, 6.07) is 6.50. The number of nitrogens with one attached hydrogen (secondary N) is 2. The average Bonchev–Trinajstić information content (AvgIpc) is 3.14. The summed E-state index contributed by atoms with van der Waals surface area (Å²) >= 11 is 1.48. The van der Waals surface area contributed by atoms with Gasteiger partial charge >= 0.3 is 0 Å². The van der Waals surface area contributed by atoms with Gasteiger partial charge in [0.05, 0.1) is 5.56 Å². The molecule has 0 unspecified atom stereocenters. The van der Waals surface area contributed by atoms with Crippen LogP contribution in [0.15, 0.2) is 24.3 Å². The molecule has 5 nitrogen and oxygen atoms in total. The second kappa shape index (κ2) is 6.57. The fourth-order valence-electron chi connectivity index (χ4n) is 2.89. The first-order valence-corrected chi connectivity index (χ1v) is 8.62. The Morgan fingerprint density at radius 1 is 1.00 bits per heavy atom. The van der Waals surface area contributed by atoms with Crippen molar-refractivity contribution in [1.82, 2.24) is 5.32 Å². The maximum Gasteiger partial charge on any atom is 0.256 e. The summed E-state index contributed by atoms with van der Waals surface area (Å²) in [5.41, 5.74) is 2.66. The first-order chi connectivity index (χ1) is 11.5. The molecule has 0 atom stereocenters. The molecule has 0 fully saturated rings. The van der Waals surface area contributed by atoms with Crippen molar-refractivity contribution in [2.24, 2.45) is 0 Å². The number of benzene rings is 1. The number of aryl methyl sites for hydroxylation is 1. The minimum absolute atomic E-state index is 0.0430. The molecule has 2 aromatic rings. The van der Waals surface area contributed by atoms with Gasteiger partial charge in [-0.2, -0.15) is 0 Å². The summed E-state index contributed by atoms with van der Waals surface area (Å²) in [7, 11) is 1.59. The number of rotatable bonds is 4. The molecule has 0 radical (unpaired) electrons. The van der Waals surface area contributed by atoms with E-state index in [0.717, 1.165) is 24.8 Å². The maximum atomic E-state index is 12.5. The SMILES string of the molecule is CNC(=O)c1c(NC(=O)c2ccc(C(C)=O)cc2)sc2c1CCC2. The Kier molecular flexibility index (Phi) is 4.49. The van der Waals surface area contributed by atoms with E-state index < -0.39 is 0 Å². The van der Waals surface area contributed by atoms with Crippen molar-refractivity contribution < 1.29 is 14.4 Å². The Morgan fingerprint density at radius 2 is 1.67 bits per heavy atom. The highest BCUT2D eigenvalue weighted by Crippen LogP contribution is 2.39. The van der Waals surface area contributed by atoms with Crippen molar-refractivity contribution in [2.45, 2.75) is 26.2 Å². The summed E-state index contributed by atoms with van der Waals surface area (Å²) in [4.78, 5) is 37.1. The molecule has 124 valence electrons. The number of carbonyl (C=O) groups is 3. The molecule has 2 N–H and O–H groups in total. The van der Waals surface area contributed by atoms with Crippen LogP contribution in [0.4, 0.5) is 5.00 Å². The Balaban J connectivity index is 1.87. The van der Waals surface area contributed by atoms with Gasteiger partial charge in [-0.15, -0.1) is 11.3 Å². The monoisotopic (exact) mass is 342 g/mol. The van der Waals surface area contributed by atoms with Gasteiger partial charge in [0.2, 0.25) is 0 Å². The molecule has 2 amide bonds. The molecule has 0 bridgehead atoms. The molecule has 0 aliphatic heterocycles. The molecular formula is C18H18N2O3S. The summed E-state index contributed by atoms with van der Waals surface area (Å²) < 4.78 is 0. The lowest BCUT2D eigenvalue weighted by Crippen LogP contribution is -2.21. The maximum absolute atomic E-state index is 12.5. The van der Waals surface area contributed by atoms with Gasteiger partial charge in [-0.05, 0) is 43.9 Å². The highest BCUT2D eigenvalue weighted by Gasteiger charge is 2.27. The predicted octanol–water partition coefficient (Wildman–Crippen LogP) is 3.05. The third-order valence-corrected chi connectivity index (χ3v) is 5.36. The third kappa shape index (κ3) is 2.97. The van der Waals surface area contributed by atoms with Gasteiger partial charge in [-0.3, -0.25) is 14.4 Å². The lowest BCUT2D eigenvalue weighted by Gasteiger charge is -2.08. The van der Waals surface area contributed by atoms with Crippen LogP contribution in [-0.4, -0.2) is 24.6 Å². The van der Waals surface area contributed by atoms with Crippen LogP contribution in [0.2, 0.25) is 0 Å². The van der Waals surface area contributed by atoms with Gasteiger partial charge < -0.3 is 10.6 Å². The highest BCUT2D eigenvalue weighted by atomic mass is 32.1. The summed E-state index contributed by atoms with van der Waals surface area (Å²) in [5, 5.41) is 6.10. The second-order valence-electron chi connectivity index (χ2n) is 5.73. The standard InChI is InChI=1S/C18H18N2O3S/c1-10(21)11-6-8-12(9-7-11)16(22)20-18-15(17(23)19-2)13-4-3-5-14(13)24-18/h6-9H,3-5H2,1-2H3,(H,19,23)(H,20,22). The molecule has 0 spiro atoms. The van der Waals surface area contributed by atoms with Crippen LogP contribution in [0.25, 0.3) is 0 Å². The van der Waals surface area contributed by atoms with Crippen LogP contribution >= 0.6 is 11.3 Å². The molecule has 6 heteroatoms. The van der Waals surface area contributed by atoms with E-state index in [-0.39, 0.29) is 17.6 Å². The van der Waals surface area contributed by atoms with Gasteiger partial charge in [0.1, 0.15) is 5.00 Å². The number of ketones is 1. The second-order valence-corrected chi connectivity index (χ2v) is 6.83. The van der Waals surface area contributed by atoms with E-state index in [4.69, 9.17) is 0 Å². The van der Waals surface area contributed by atoms with Crippen molar-refractivity contribution >= 4 is 33.9 Å². The van der Waals surface area contributed by atoms with E-state index in [9.17, 15) is 14.4 Å². The van der Waals surface area contributed by atoms with Gasteiger partial charge in [-0.25, -0.2) is 0 Å². The summed E-state index contributed by atoms with van der Waals surface area (Å²) in [6.45, 7) is 1.48. The highest BCUT2D eigenvalue weighted by molar-refractivity contribution is 7.17. The zero-order valence-corrected chi connectivity index (χ0v) is 14.4. The molecule has 1 aliphatic rings. The summed E-state index contributed by atoms with van der Waals surface area (Å²) in [6.07, 6.45) is 2.87. The zero-order chi connectivity index (χ0) is 17.3. The van der Waals surface area contributed by atoms with E-state index >= 15 is 0 Å². The molecule has 0 saturated heterocycles. The van der Waals surface area contributed by atoms with Crippen molar-refractivity contribution in [2.75, 3.05) is 12.4 Å². The Morgan fingerprint density at radius 3 is 2.29 bits per heavy atom. The van der Waals surface area contributed by atoms with E-state index in [1.165, 1.54) is 23.1 Å². The van der Waals surface area contributed by atoms with E-state index in [0.29, 0.717) is 21.7 Å². The average molecular weight is 342 g/mol. The number of thiophene rings is 1.